The Balaban J connectivity index is 3.50. The van der Waals surface area contributed by atoms with Gasteiger partial charge in [-0.05, 0) is 13.3 Å². The lowest BCUT2D eigenvalue weighted by Gasteiger charge is -2.10. The molecule has 0 aliphatic heterocycles. The monoisotopic (exact) mass is 130 g/mol. The lowest BCUT2D eigenvalue weighted by Crippen LogP contribution is -2.08. The van der Waals surface area contributed by atoms with Crippen LogP contribution in [0.4, 0.5) is 0 Å². The number of aliphatic hydroxyl groups is 2. The van der Waals surface area contributed by atoms with Crippen LogP contribution in [0.3, 0.4) is 0 Å². The molecular formula is C7H14O2. The van der Waals surface area contributed by atoms with Crippen LogP contribution in [0.5, 0.6) is 0 Å². The van der Waals surface area contributed by atoms with Crippen LogP contribution >= 0.6 is 0 Å². The minimum absolute atomic E-state index is 0.00463. The normalized spacial score (nSPS) is 16.8. The van der Waals surface area contributed by atoms with E-state index in [4.69, 9.17) is 10.2 Å². The van der Waals surface area contributed by atoms with E-state index in [9.17, 15) is 0 Å². The topological polar surface area (TPSA) is 40.5 Å². The molecule has 0 heterocycles. The molecule has 0 aliphatic rings. The largest absolute Gasteiger partial charge is 0.513 e. The van der Waals surface area contributed by atoms with Crippen LogP contribution in [0.15, 0.2) is 12.3 Å². The second-order valence-electron chi connectivity index (χ2n) is 2.48. The Morgan fingerprint density at radius 2 is 2.00 bits per heavy atom. The maximum absolute atomic E-state index is 8.82. The second kappa shape index (κ2) is 3.51. The molecule has 9 heavy (non-hydrogen) atoms. The molecule has 54 valence electrons. The van der Waals surface area contributed by atoms with Crippen molar-refractivity contribution in [2.75, 3.05) is 0 Å². The Morgan fingerprint density at radius 1 is 1.56 bits per heavy atom. The Bertz CT molecular complexity index is 97.1. The van der Waals surface area contributed by atoms with E-state index in [-0.39, 0.29) is 17.8 Å². The Kier molecular flexibility index (Phi) is 3.32. The summed E-state index contributed by atoms with van der Waals surface area (Å²) in [5, 5.41) is 17.6. The van der Waals surface area contributed by atoms with E-state index >= 15 is 0 Å². The molecule has 0 rings (SSSR count). The third kappa shape index (κ3) is 4.03. The number of hydrogen-bond acceptors (Lipinski definition) is 2. The molecule has 0 saturated carbocycles. The summed E-state index contributed by atoms with van der Waals surface area (Å²) in [6.45, 7) is 6.87. The van der Waals surface area contributed by atoms with Crippen molar-refractivity contribution < 1.29 is 10.2 Å². The van der Waals surface area contributed by atoms with Gasteiger partial charge in [-0.15, -0.1) is 0 Å². The SMILES string of the molecule is C=C(O)C(C)CC(C)O. The van der Waals surface area contributed by atoms with Crippen LogP contribution in [0.25, 0.3) is 0 Å². The zero-order valence-corrected chi connectivity index (χ0v) is 5.96. The van der Waals surface area contributed by atoms with Crippen LogP contribution in [-0.2, 0) is 0 Å². The summed E-state index contributed by atoms with van der Waals surface area (Å²) in [4.78, 5) is 0. The molecule has 0 spiro atoms. The lowest BCUT2D eigenvalue weighted by atomic mass is 10.0. The number of rotatable bonds is 3. The maximum atomic E-state index is 8.82. The highest BCUT2D eigenvalue weighted by molar-refractivity contribution is 4.86. The van der Waals surface area contributed by atoms with Gasteiger partial charge in [0.2, 0.25) is 0 Å². The summed E-state index contributed by atoms with van der Waals surface area (Å²) in [7, 11) is 0. The summed E-state index contributed by atoms with van der Waals surface area (Å²) < 4.78 is 0. The standard InChI is InChI=1S/C7H14O2/c1-5(7(3)9)4-6(2)8/h5-6,8-9H,3-4H2,1-2H3. The van der Waals surface area contributed by atoms with Gasteiger partial charge in [0.15, 0.2) is 0 Å². The molecule has 0 aromatic carbocycles. The molecule has 0 fully saturated rings. The molecule has 2 N–H and O–H groups in total. The van der Waals surface area contributed by atoms with Crippen LogP contribution in [0, 0.1) is 5.92 Å². The minimum Gasteiger partial charge on any atom is -0.513 e. The van der Waals surface area contributed by atoms with Crippen LogP contribution in [0.2, 0.25) is 0 Å². The van der Waals surface area contributed by atoms with Crippen molar-refractivity contribution >= 4 is 0 Å². The molecule has 0 amide bonds. The van der Waals surface area contributed by atoms with Crippen molar-refractivity contribution in [2.45, 2.75) is 26.4 Å². The molecule has 2 heteroatoms. The third-order valence-corrected chi connectivity index (χ3v) is 1.26. The molecule has 0 aliphatic carbocycles. The quantitative estimate of drug-likeness (QED) is 0.568. The van der Waals surface area contributed by atoms with Crippen molar-refractivity contribution in [1.82, 2.24) is 0 Å². The Morgan fingerprint density at radius 3 is 2.11 bits per heavy atom. The molecule has 2 unspecified atom stereocenters. The van der Waals surface area contributed by atoms with E-state index in [0.29, 0.717) is 6.42 Å². The molecule has 0 aromatic heterocycles. The Hall–Kier alpha value is -0.500. The fraction of sp³-hybridized carbons (Fsp3) is 0.714. The minimum atomic E-state index is -0.358. The second-order valence-corrected chi connectivity index (χ2v) is 2.48. The van der Waals surface area contributed by atoms with Gasteiger partial charge < -0.3 is 10.2 Å². The zero-order valence-electron chi connectivity index (χ0n) is 5.96. The summed E-state index contributed by atoms with van der Waals surface area (Å²) in [5.74, 6) is 0.154. The van der Waals surface area contributed by atoms with Crippen molar-refractivity contribution in [3.63, 3.8) is 0 Å². The maximum Gasteiger partial charge on any atom is 0.0880 e. The van der Waals surface area contributed by atoms with Gasteiger partial charge in [-0.2, -0.15) is 0 Å². The summed E-state index contributed by atoms with van der Waals surface area (Å²) >= 11 is 0. The molecule has 0 saturated heterocycles. The van der Waals surface area contributed by atoms with Crippen molar-refractivity contribution in [3.8, 4) is 0 Å². The number of allylic oxidation sites excluding steroid dienone is 1. The highest BCUT2D eigenvalue weighted by Gasteiger charge is 2.07. The number of hydrogen-bond donors (Lipinski definition) is 2. The molecule has 0 bridgehead atoms. The first-order chi connectivity index (χ1) is 4.04. The van der Waals surface area contributed by atoms with Crippen LogP contribution in [0.1, 0.15) is 20.3 Å². The van der Waals surface area contributed by atoms with E-state index in [2.05, 4.69) is 6.58 Å². The van der Waals surface area contributed by atoms with E-state index in [0.717, 1.165) is 0 Å². The van der Waals surface area contributed by atoms with Gasteiger partial charge >= 0.3 is 0 Å². The predicted molar refractivity (Wildman–Crippen MR) is 37.2 cm³/mol. The van der Waals surface area contributed by atoms with Gasteiger partial charge in [-0.25, -0.2) is 0 Å². The average molecular weight is 130 g/mol. The van der Waals surface area contributed by atoms with Crippen molar-refractivity contribution in [2.24, 2.45) is 5.92 Å². The fourth-order valence-electron chi connectivity index (χ4n) is 0.648. The van der Waals surface area contributed by atoms with E-state index in [1.54, 1.807) is 6.92 Å². The zero-order chi connectivity index (χ0) is 7.44. The van der Waals surface area contributed by atoms with Crippen LogP contribution < -0.4 is 0 Å². The first-order valence-electron chi connectivity index (χ1n) is 3.10. The number of aliphatic hydroxyl groups excluding tert-OH is 2. The van der Waals surface area contributed by atoms with Crippen molar-refractivity contribution in [1.29, 1.82) is 0 Å². The van der Waals surface area contributed by atoms with E-state index in [1.807, 2.05) is 6.92 Å². The first kappa shape index (κ1) is 8.50. The smallest absolute Gasteiger partial charge is 0.0880 e. The molecule has 2 atom stereocenters. The van der Waals surface area contributed by atoms with Crippen LogP contribution in [-0.4, -0.2) is 16.3 Å². The Labute approximate surface area is 55.8 Å². The molecular weight excluding hydrogens is 116 g/mol. The van der Waals surface area contributed by atoms with E-state index in [1.165, 1.54) is 0 Å². The van der Waals surface area contributed by atoms with Gasteiger partial charge in [-0.1, -0.05) is 13.5 Å². The van der Waals surface area contributed by atoms with Gasteiger partial charge in [0, 0.05) is 5.92 Å². The summed E-state index contributed by atoms with van der Waals surface area (Å²) in [6, 6.07) is 0. The molecule has 0 aromatic rings. The van der Waals surface area contributed by atoms with Gasteiger partial charge in [0.1, 0.15) is 0 Å². The lowest BCUT2D eigenvalue weighted by molar-refractivity contribution is 0.159. The average Bonchev–Trinajstić information content (AvgIpc) is 1.63. The summed E-state index contributed by atoms with van der Waals surface area (Å²) in [5.41, 5.74) is 0. The van der Waals surface area contributed by atoms with Crippen molar-refractivity contribution in [3.05, 3.63) is 12.3 Å². The predicted octanol–water partition coefficient (Wildman–Crippen LogP) is 1.47. The summed E-state index contributed by atoms with van der Waals surface area (Å²) in [6.07, 6.45) is 0.221. The first-order valence-corrected chi connectivity index (χ1v) is 3.10. The van der Waals surface area contributed by atoms with Gasteiger partial charge in [0.05, 0.1) is 11.9 Å². The molecule has 2 nitrogen and oxygen atoms in total. The van der Waals surface area contributed by atoms with E-state index < -0.39 is 0 Å². The highest BCUT2D eigenvalue weighted by Crippen LogP contribution is 2.11. The van der Waals surface area contributed by atoms with Gasteiger partial charge in [0.25, 0.3) is 0 Å². The van der Waals surface area contributed by atoms with Gasteiger partial charge in [-0.3, -0.25) is 0 Å². The molecule has 0 radical (unpaired) electrons. The fourth-order valence-corrected chi connectivity index (χ4v) is 0.648. The highest BCUT2D eigenvalue weighted by atomic mass is 16.3. The third-order valence-electron chi connectivity index (χ3n) is 1.26.